The van der Waals surface area contributed by atoms with E-state index in [-0.39, 0.29) is 5.92 Å². The molecule has 1 atom stereocenters. The molecule has 0 N–H and O–H groups in total. The fourth-order valence-electron chi connectivity index (χ4n) is 1.92. The molecule has 0 aromatic heterocycles. The molecule has 2 heteroatoms. The van der Waals surface area contributed by atoms with Crippen LogP contribution in [0.4, 0.5) is 0 Å². The van der Waals surface area contributed by atoms with Crippen molar-refractivity contribution >= 4 is 5.91 Å². The van der Waals surface area contributed by atoms with Crippen LogP contribution >= 0.6 is 0 Å². The van der Waals surface area contributed by atoms with Crippen molar-refractivity contribution in [1.29, 1.82) is 0 Å². The van der Waals surface area contributed by atoms with Crippen molar-refractivity contribution in [3.63, 3.8) is 0 Å². The summed E-state index contributed by atoms with van der Waals surface area (Å²) in [5.74, 6) is 0.579. The lowest BCUT2D eigenvalue weighted by Gasteiger charge is -2.19. The van der Waals surface area contributed by atoms with Crippen LogP contribution in [0.1, 0.15) is 58.8 Å². The number of amides is 1. The summed E-state index contributed by atoms with van der Waals surface area (Å²) in [4.78, 5) is 13.6. The Hall–Kier alpha value is -0.530. The van der Waals surface area contributed by atoms with E-state index in [4.69, 9.17) is 0 Å². The Bertz CT molecular complexity index is 166. The molecule has 2 nitrogen and oxygen atoms in total. The quantitative estimate of drug-likeness (QED) is 0.565. The topological polar surface area (TPSA) is 20.3 Å². The molecule has 90 valence electrons. The van der Waals surface area contributed by atoms with Gasteiger partial charge in [-0.15, -0.1) is 0 Å². The Labute approximate surface area is 95.0 Å². The van der Waals surface area contributed by atoms with Gasteiger partial charge in [0.05, 0.1) is 0 Å². The summed E-state index contributed by atoms with van der Waals surface area (Å²) in [5.41, 5.74) is 0. The van der Waals surface area contributed by atoms with E-state index in [0.29, 0.717) is 5.91 Å². The summed E-state index contributed by atoms with van der Waals surface area (Å²) in [7, 11) is 3.72. The van der Waals surface area contributed by atoms with Crippen LogP contribution in [0, 0.1) is 5.92 Å². The number of hydrogen-bond donors (Lipinski definition) is 0. The lowest BCUT2D eigenvalue weighted by atomic mass is 9.95. The fourth-order valence-corrected chi connectivity index (χ4v) is 1.92. The summed E-state index contributed by atoms with van der Waals surface area (Å²) in [6.45, 7) is 4.37. The summed E-state index contributed by atoms with van der Waals surface area (Å²) in [6.07, 6.45) is 8.27. The van der Waals surface area contributed by atoms with E-state index < -0.39 is 0 Å². The molecule has 15 heavy (non-hydrogen) atoms. The van der Waals surface area contributed by atoms with E-state index in [2.05, 4.69) is 13.8 Å². The molecule has 0 aromatic carbocycles. The molecule has 0 aromatic rings. The van der Waals surface area contributed by atoms with Gasteiger partial charge in [0.25, 0.3) is 0 Å². The van der Waals surface area contributed by atoms with Gasteiger partial charge in [0.1, 0.15) is 0 Å². The third-order valence-corrected chi connectivity index (χ3v) is 2.83. The minimum atomic E-state index is 0.266. The van der Waals surface area contributed by atoms with Gasteiger partial charge in [0.15, 0.2) is 0 Å². The van der Waals surface area contributed by atoms with Crippen molar-refractivity contribution in [2.24, 2.45) is 5.92 Å². The smallest absolute Gasteiger partial charge is 0.225 e. The van der Waals surface area contributed by atoms with Crippen molar-refractivity contribution in [3.8, 4) is 0 Å². The summed E-state index contributed by atoms with van der Waals surface area (Å²) in [5, 5.41) is 0. The molecule has 0 radical (unpaired) electrons. The maximum absolute atomic E-state index is 11.8. The highest BCUT2D eigenvalue weighted by Crippen LogP contribution is 2.17. The second kappa shape index (κ2) is 8.75. The van der Waals surface area contributed by atoms with Crippen molar-refractivity contribution in [3.05, 3.63) is 0 Å². The molecule has 0 saturated heterocycles. The van der Waals surface area contributed by atoms with Crippen LogP contribution in [0.15, 0.2) is 0 Å². The molecule has 0 saturated carbocycles. The fraction of sp³-hybridized carbons (Fsp3) is 0.923. The van der Waals surface area contributed by atoms with Gasteiger partial charge in [-0.2, -0.15) is 0 Å². The number of carbonyl (C=O) groups excluding carboxylic acids is 1. The predicted octanol–water partition coefficient (Wildman–Crippen LogP) is 3.46. The lowest BCUT2D eigenvalue weighted by Crippen LogP contribution is -2.29. The standard InChI is InChI=1S/C13H27NO/c1-5-7-8-9-11-12(10-6-2)13(15)14(3)4/h12H,5-11H2,1-4H3. The van der Waals surface area contributed by atoms with E-state index >= 15 is 0 Å². The zero-order chi connectivity index (χ0) is 11.7. The predicted molar refractivity (Wildman–Crippen MR) is 65.9 cm³/mol. The van der Waals surface area contributed by atoms with Crippen molar-refractivity contribution < 1.29 is 4.79 Å². The summed E-state index contributed by atoms with van der Waals surface area (Å²) in [6, 6.07) is 0. The molecule has 1 unspecified atom stereocenters. The molecule has 0 rings (SSSR count). The van der Waals surface area contributed by atoms with Crippen LogP contribution in [0.5, 0.6) is 0 Å². The maximum atomic E-state index is 11.8. The third kappa shape index (κ3) is 6.53. The molecule has 1 amide bonds. The van der Waals surface area contributed by atoms with Gasteiger partial charge in [-0.25, -0.2) is 0 Å². The number of nitrogens with zero attached hydrogens (tertiary/aromatic N) is 1. The maximum Gasteiger partial charge on any atom is 0.225 e. The van der Waals surface area contributed by atoms with E-state index in [0.717, 1.165) is 19.3 Å². The highest BCUT2D eigenvalue weighted by molar-refractivity contribution is 5.78. The molecule has 0 heterocycles. The third-order valence-electron chi connectivity index (χ3n) is 2.83. The van der Waals surface area contributed by atoms with E-state index in [9.17, 15) is 4.79 Å². The van der Waals surface area contributed by atoms with Crippen LogP contribution in [-0.4, -0.2) is 24.9 Å². The van der Waals surface area contributed by atoms with Crippen LogP contribution in [-0.2, 0) is 4.79 Å². The Morgan fingerprint density at radius 2 is 1.67 bits per heavy atom. The molecule has 0 aliphatic heterocycles. The normalized spacial score (nSPS) is 12.5. The molecule has 0 fully saturated rings. The van der Waals surface area contributed by atoms with E-state index in [1.807, 2.05) is 14.1 Å². The van der Waals surface area contributed by atoms with Crippen molar-refractivity contribution in [2.75, 3.05) is 14.1 Å². The first kappa shape index (κ1) is 14.5. The van der Waals surface area contributed by atoms with Crippen molar-refractivity contribution in [2.45, 2.75) is 58.8 Å². The zero-order valence-corrected chi connectivity index (χ0v) is 10.9. The largest absolute Gasteiger partial charge is 0.349 e. The first-order valence-electron chi connectivity index (χ1n) is 6.34. The first-order valence-corrected chi connectivity index (χ1v) is 6.34. The van der Waals surface area contributed by atoms with Gasteiger partial charge in [-0.05, 0) is 12.8 Å². The van der Waals surface area contributed by atoms with E-state index in [1.165, 1.54) is 25.7 Å². The lowest BCUT2D eigenvalue weighted by molar-refractivity contribution is -0.133. The van der Waals surface area contributed by atoms with Crippen LogP contribution in [0.25, 0.3) is 0 Å². The van der Waals surface area contributed by atoms with Gasteiger partial charge in [0.2, 0.25) is 5.91 Å². The second-order valence-electron chi connectivity index (χ2n) is 4.57. The van der Waals surface area contributed by atoms with Crippen LogP contribution in [0.3, 0.4) is 0 Å². The molecule has 0 aliphatic rings. The van der Waals surface area contributed by atoms with Gasteiger partial charge in [-0.3, -0.25) is 4.79 Å². The summed E-state index contributed by atoms with van der Waals surface area (Å²) < 4.78 is 0. The molecule has 0 bridgehead atoms. The molecular weight excluding hydrogens is 186 g/mol. The Kier molecular flexibility index (Phi) is 8.44. The SMILES string of the molecule is CCCCCCC(CCC)C(=O)N(C)C. The van der Waals surface area contributed by atoms with Gasteiger partial charge in [0, 0.05) is 20.0 Å². The average molecular weight is 213 g/mol. The highest BCUT2D eigenvalue weighted by atomic mass is 16.2. The van der Waals surface area contributed by atoms with Crippen LogP contribution in [0.2, 0.25) is 0 Å². The number of hydrogen-bond acceptors (Lipinski definition) is 1. The van der Waals surface area contributed by atoms with E-state index in [1.54, 1.807) is 4.90 Å². The van der Waals surface area contributed by atoms with Crippen LogP contribution < -0.4 is 0 Å². The average Bonchev–Trinajstić information content (AvgIpc) is 2.21. The second-order valence-corrected chi connectivity index (χ2v) is 4.57. The number of unbranched alkanes of at least 4 members (excludes halogenated alkanes) is 3. The molecular formula is C13H27NO. The highest BCUT2D eigenvalue weighted by Gasteiger charge is 2.18. The Balaban J connectivity index is 3.87. The minimum absolute atomic E-state index is 0.266. The minimum Gasteiger partial charge on any atom is -0.349 e. The number of carbonyl (C=O) groups is 1. The van der Waals surface area contributed by atoms with Gasteiger partial charge >= 0.3 is 0 Å². The first-order chi connectivity index (χ1) is 7.13. The number of rotatable bonds is 8. The van der Waals surface area contributed by atoms with Gasteiger partial charge in [-0.1, -0.05) is 46.0 Å². The Morgan fingerprint density at radius 3 is 2.13 bits per heavy atom. The summed E-state index contributed by atoms with van der Waals surface area (Å²) >= 11 is 0. The zero-order valence-electron chi connectivity index (χ0n) is 10.9. The van der Waals surface area contributed by atoms with Crippen molar-refractivity contribution in [1.82, 2.24) is 4.90 Å². The van der Waals surface area contributed by atoms with Gasteiger partial charge < -0.3 is 4.90 Å². The Morgan fingerprint density at radius 1 is 1.00 bits per heavy atom. The monoisotopic (exact) mass is 213 g/mol. The molecule has 0 spiro atoms. The molecule has 0 aliphatic carbocycles.